The molecular weight excluding hydrogens is 360 g/mol. The topological polar surface area (TPSA) is 87.2 Å². The van der Waals surface area contributed by atoms with Gasteiger partial charge in [-0.1, -0.05) is 12.1 Å². The molecule has 3 aromatic rings. The van der Waals surface area contributed by atoms with E-state index < -0.39 is 9.73 Å². The molecule has 1 fully saturated rings. The summed E-state index contributed by atoms with van der Waals surface area (Å²) in [5.41, 5.74) is 3.20. The van der Waals surface area contributed by atoms with Crippen LogP contribution < -0.4 is 4.90 Å². The van der Waals surface area contributed by atoms with Gasteiger partial charge in [0.2, 0.25) is 0 Å². The molecule has 0 aliphatic carbocycles. The highest BCUT2D eigenvalue weighted by Gasteiger charge is 2.22. The summed E-state index contributed by atoms with van der Waals surface area (Å²) in [6.45, 7) is 4.05. The molecule has 27 heavy (non-hydrogen) atoms. The van der Waals surface area contributed by atoms with Crippen LogP contribution in [0.25, 0.3) is 5.78 Å². The number of nitrogens with zero attached hydrogens (tertiary/aromatic N) is 5. The molecule has 0 amide bonds. The first-order valence-electron chi connectivity index (χ1n) is 9.20. The van der Waals surface area contributed by atoms with Gasteiger partial charge in [-0.3, -0.25) is 0 Å². The van der Waals surface area contributed by atoms with Crippen molar-refractivity contribution in [2.24, 2.45) is 0 Å². The van der Waals surface area contributed by atoms with Gasteiger partial charge in [0.15, 0.2) is 0 Å². The van der Waals surface area contributed by atoms with Crippen molar-refractivity contribution in [1.82, 2.24) is 19.6 Å². The average Bonchev–Trinajstić information content (AvgIpc) is 3.10. The summed E-state index contributed by atoms with van der Waals surface area (Å²) in [5, 5.41) is 4.42. The maximum Gasteiger partial charge on any atom is 0.254 e. The van der Waals surface area contributed by atoms with Crippen molar-refractivity contribution >= 4 is 21.3 Å². The van der Waals surface area contributed by atoms with Gasteiger partial charge >= 0.3 is 0 Å². The van der Waals surface area contributed by atoms with Crippen molar-refractivity contribution < 1.29 is 4.21 Å². The molecule has 1 saturated heterocycles. The second-order valence-corrected chi connectivity index (χ2v) is 9.34. The Kier molecular flexibility index (Phi) is 4.59. The lowest BCUT2D eigenvalue weighted by Crippen LogP contribution is -2.32. The Morgan fingerprint density at radius 2 is 1.85 bits per heavy atom. The molecule has 0 spiro atoms. The van der Waals surface area contributed by atoms with Crippen LogP contribution in [0.2, 0.25) is 0 Å². The van der Waals surface area contributed by atoms with Gasteiger partial charge in [-0.25, -0.2) is 14.0 Å². The molecule has 142 valence electrons. The Morgan fingerprint density at radius 1 is 1.15 bits per heavy atom. The number of nitrogens with one attached hydrogen (secondary N) is 1. The Labute approximate surface area is 159 Å². The molecule has 1 aliphatic heterocycles. The van der Waals surface area contributed by atoms with Gasteiger partial charge in [0, 0.05) is 41.9 Å². The van der Waals surface area contributed by atoms with Crippen LogP contribution >= 0.6 is 0 Å². The van der Waals surface area contributed by atoms with Crippen molar-refractivity contribution in [2.75, 3.05) is 24.2 Å². The number of benzene rings is 1. The zero-order valence-electron chi connectivity index (χ0n) is 15.7. The van der Waals surface area contributed by atoms with Crippen LogP contribution in [0.15, 0.2) is 35.5 Å². The van der Waals surface area contributed by atoms with E-state index in [1.807, 2.05) is 23.6 Å². The van der Waals surface area contributed by atoms with Gasteiger partial charge < -0.3 is 4.90 Å². The summed E-state index contributed by atoms with van der Waals surface area (Å²) in [6, 6.07) is 7.50. The molecule has 0 saturated carbocycles. The summed E-state index contributed by atoms with van der Waals surface area (Å²) in [4.78, 5) is 11.9. The molecule has 1 aromatic carbocycles. The van der Waals surface area contributed by atoms with E-state index in [1.54, 1.807) is 18.5 Å². The molecule has 1 atom stereocenters. The van der Waals surface area contributed by atoms with Gasteiger partial charge in [0.1, 0.15) is 12.1 Å². The maximum absolute atomic E-state index is 11.9. The number of aryl methyl sites for hydroxylation is 1. The monoisotopic (exact) mass is 384 g/mol. The molecular formula is C19H24N6OS. The quantitative estimate of drug-likeness (QED) is 0.747. The summed E-state index contributed by atoms with van der Waals surface area (Å²) in [7, 11) is -2.69. The highest BCUT2D eigenvalue weighted by Crippen LogP contribution is 2.28. The summed E-state index contributed by atoms with van der Waals surface area (Å²) >= 11 is 0. The maximum atomic E-state index is 11.9. The molecule has 7 nitrogen and oxygen atoms in total. The van der Waals surface area contributed by atoms with Gasteiger partial charge in [-0.15, -0.1) is 0 Å². The van der Waals surface area contributed by atoms with Crippen molar-refractivity contribution in [1.29, 1.82) is 4.78 Å². The predicted molar refractivity (Wildman–Crippen MR) is 106 cm³/mol. The van der Waals surface area contributed by atoms with E-state index in [0.29, 0.717) is 17.1 Å². The van der Waals surface area contributed by atoms with E-state index in [9.17, 15) is 4.21 Å². The third kappa shape index (κ3) is 3.53. The van der Waals surface area contributed by atoms with Crippen LogP contribution in [0.3, 0.4) is 0 Å². The zero-order valence-corrected chi connectivity index (χ0v) is 16.5. The van der Waals surface area contributed by atoms with E-state index in [2.05, 4.69) is 20.0 Å². The van der Waals surface area contributed by atoms with Crippen LogP contribution in [-0.2, 0) is 16.1 Å². The Bertz CT molecular complexity index is 1070. The van der Waals surface area contributed by atoms with E-state index >= 15 is 0 Å². The molecule has 1 aliphatic rings. The van der Waals surface area contributed by atoms with Crippen LogP contribution in [0.5, 0.6) is 0 Å². The molecule has 8 heteroatoms. The first-order chi connectivity index (χ1) is 12.9. The molecule has 3 heterocycles. The smallest absolute Gasteiger partial charge is 0.254 e. The minimum absolute atomic E-state index is 0.559. The van der Waals surface area contributed by atoms with Gasteiger partial charge in [0.25, 0.3) is 5.78 Å². The zero-order chi connectivity index (χ0) is 19.0. The van der Waals surface area contributed by atoms with Crippen LogP contribution in [0.1, 0.15) is 36.1 Å². The first kappa shape index (κ1) is 17.9. The van der Waals surface area contributed by atoms with Crippen molar-refractivity contribution in [3.63, 3.8) is 0 Å². The minimum Gasteiger partial charge on any atom is -0.356 e. The predicted octanol–water partition coefficient (Wildman–Crippen LogP) is 3.05. The van der Waals surface area contributed by atoms with E-state index in [1.165, 1.54) is 25.5 Å². The fourth-order valence-corrected chi connectivity index (χ4v) is 4.33. The molecule has 0 radical (unpaired) electrons. The summed E-state index contributed by atoms with van der Waals surface area (Å²) < 4.78 is 21.5. The number of piperidine rings is 1. The average molecular weight is 385 g/mol. The lowest BCUT2D eigenvalue weighted by atomic mass is 10.0. The fourth-order valence-electron chi connectivity index (χ4n) is 3.68. The van der Waals surface area contributed by atoms with E-state index in [0.717, 1.165) is 35.7 Å². The SMILES string of the molecule is Cc1nc2ncnn2c(N2CCCCC2)c1Cc1ccc(S(C)(=N)=O)cc1. The number of hydrogen-bond donors (Lipinski definition) is 1. The molecule has 0 bridgehead atoms. The van der Waals surface area contributed by atoms with Gasteiger partial charge in [-0.2, -0.15) is 14.6 Å². The second kappa shape index (κ2) is 6.92. The molecule has 4 rings (SSSR count). The van der Waals surface area contributed by atoms with Crippen LogP contribution in [-0.4, -0.2) is 43.1 Å². The Balaban J connectivity index is 1.77. The molecule has 2 aromatic heterocycles. The largest absolute Gasteiger partial charge is 0.356 e. The van der Waals surface area contributed by atoms with Crippen LogP contribution in [0, 0.1) is 11.7 Å². The first-order valence-corrected chi connectivity index (χ1v) is 11.2. The van der Waals surface area contributed by atoms with Gasteiger partial charge in [0.05, 0.1) is 9.73 Å². The lowest BCUT2D eigenvalue weighted by Gasteiger charge is -2.31. The van der Waals surface area contributed by atoms with Crippen molar-refractivity contribution in [3.8, 4) is 0 Å². The summed E-state index contributed by atoms with van der Waals surface area (Å²) in [6.07, 6.45) is 7.34. The Hall–Kier alpha value is -2.48. The Morgan fingerprint density at radius 3 is 2.52 bits per heavy atom. The number of rotatable bonds is 4. The third-order valence-electron chi connectivity index (χ3n) is 5.11. The van der Waals surface area contributed by atoms with Gasteiger partial charge in [-0.05, 0) is 43.9 Å². The van der Waals surface area contributed by atoms with Crippen molar-refractivity contribution in [3.05, 3.63) is 47.4 Å². The number of hydrogen-bond acceptors (Lipinski definition) is 6. The van der Waals surface area contributed by atoms with Crippen LogP contribution in [0.4, 0.5) is 5.82 Å². The number of fused-ring (bicyclic) bond motifs is 1. The van der Waals surface area contributed by atoms with Crippen molar-refractivity contribution in [2.45, 2.75) is 37.5 Å². The summed E-state index contributed by atoms with van der Waals surface area (Å²) in [5.74, 6) is 1.71. The minimum atomic E-state index is -2.69. The number of aromatic nitrogens is 4. The number of anilines is 1. The normalized spacial score (nSPS) is 17.2. The fraction of sp³-hybridized carbons (Fsp3) is 0.421. The molecule has 1 unspecified atom stereocenters. The highest BCUT2D eigenvalue weighted by molar-refractivity contribution is 7.91. The van der Waals surface area contributed by atoms with E-state index in [-0.39, 0.29) is 0 Å². The standard InChI is InChI=1S/C19H24N6OS/c1-14-17(12-15-6-8-16(9-7-15)27(2,20)26)18(24-10-4-3-5-11-24)25-19(23-14)21-13-22-25/h6-9,13,20H,3-5,10-12H2,1-2H3. The highest BCUT2D eigenvalue weighted by atomic mass is 32.2. The van der Waals surface area contributed by atoms with E-state index in [4.69, 9.17) is 4.78 Å². The second-order valence-electron chi connectivity index (χ2n) is 7.18. The lowest BCUT2D eigenvalue weighted by molar-refractivity contribution is 0.566. The third-order valence-corrected chi connectivity index (χ3v) is 6.29. The molecule has 1 N–H and O–H groups in total.